The fraction of sp³-hybridized carbons (Fsp3) is 0.917. The van der Waals surface area contributed by atoms with E-state index in [0.29, 0.717) is 24.3 Å². The summed E-state index contributed by atoms with van der Waals surface area (Å²) < 4.78 is 0. The second kappa shape index (κ2) is 5.35. The molecule has 0 radical (unpaired) electrons. The van der Waals surface area contributed by atoms with E-state index in [0.717, 1.165) is 12.8 Å². The van der Waals surface area contributed by atoms with Crippen LogP contribution in [-0.2, 0) is 4.79 Å². The van der Waals surface area contributed by atoms with Crippen molar-refractivity contribution in [2.75, 3.05) is 25.1 Å². The molecule has 2 nitrogen and oxygen atoms in total. The Morgan fingerprint density at radius 1 is 1.33 bits per heavy atom. The molecule has 2 fully saturated rings. The van der Waals surface area contributed by atoms with E-state index in [9.17, 15) is 4.79 Å². The van der Waals surface area contributed by atoms with Crippen molar-refractivity contribution in [3.63, 3.8) is 0 Å². The fourth-order valence-corrected chi connectivity index (χ4v) is 3.92. The quantitative estimate of drug-likeness (QED) is 0.734. The van der Waals surface area contributed by atoms with Gasteiger partial charge in [0.2, 0.25) is 0 Å². The third-order valence-electron chi connectivity index (χ3n) is 3.74. The molecular weight excluding hydrogens is 206 g/mol. The second-order valence-electron chi connectivity index (χ2n) is 4.88. The maximum atomic E-state index is 12.0. The zero-order valence-corrected chi connectivity index (χ0v) is 10.4. The van der Waals surface area contributed by atoms with Crippen molar-refractivity contribution in [1.82, 2.24) is 4.90 Å². The third kappa shape index (κ3) is 2.97. The topological polar surface area (TPSA) is 20.3 Å². The summed E-state index contributed by atoms with van der Waals surface area (Å²) in [6, 6.07) is 0.653. The maximum Gasteiger partial charge on any atom is 0.149 e. The molecular formula is C12H21NOS. The molecule has 2 aliphatic rings. The molecule has 0 bridgehead atoms. The average Bonchev–Trinajstić information content (AvgIpc) is 2.91. The second-order valence-corrected chi connectivity index (χ2v) is 6.03. The first-order valence-corrected chi connectivity index (χ1v) is 7.23. The van der Waals surface area contributed by atoms with Gasteiger partial charge in [-0.15, -0.1) is 0 Å². The van der Waals surface area contributed by atoms with Crippen LogP contribution in [0.15, 0.2) is 0 Å². The largest absolute Gasteiger partial charge is 0.298 e. The molecule has 3 heteroatoms. The molecule has 15 heavy (non-hydrogen) atoms. The van der Waals surface area contributed by atoms with Crippen LogP contribution >= 0.6 is 11.8 Å². The minimum Gasteiger partial charge on any atom is -0.298 e. The molecule has 1 aliphatic carbocycles. The summed E-state index contributed by atoms with van der Waals surface area (Å²) in [5.74, 6) is 3.37. The summed E-state index contributed by atoms with van der Waals surface area (Å²) in [7, 11) is 2.11. The Morgan fingerprint density at radius 3 is 2.67 bits per heavy atom. The van der Waals surface area contributed by atoms with Crippen molar-refractivity contribution in [2.45, 2.75) is 38.1 Å². The highest BCUT2D eigenvalue weighted by molar-refractivity contribution is 7.99. The molecule has 1 aliphatic heterocycles. The summed E-state index contributed by atoms with van der Waals surface area (Å²) in [5, 5.41) is 0. The highest BCUT2D eigenvalue weighted by atomic mass is 32.2. The van der Waals surface area contributed by atoms with Crippen LogP contribution in [0.1, 0.15) is 32.1 Å². The van der Waals surface area contributed by atoms with Gasteiger partial charge in [0, 0.05) is 17.7 Å². The van der Waals surface area contributed by atoms with Crippen molar-refractivity contribution < 1.29 is 4.79 Å². The van der Waals surface area contributed by atoms with E-state index in [1.165, 1.54) is 30.8 Å². The molecule has 0 aromatic carbocycles. The van der Waals surface area contributed by atoms with Gasteiger partial charge >= 0.3 is 0 Å². The Balaban J connectivity index is 1.77. The lowest BCUT2D eigenvalue weighted by atomic mass is 10.0. The van der Waals surface area contributed by atoms with Crippen molar-refractivity contribution in [1.29, 1.82) is 0 Å². The lowest BCUT2D eigenvalue weighted by Gasteiger charge is -2.23. The van der Waals surface area contributed by atoms with Gasteiger partial charge in [0.05, 0.1) is 6.54 Å². The predicted octanol–water partition coefficient (Wildman–Crippen LogP) is 2.18. The van der Waals surface area contributed by atoms with Crippen LogP contribution in [0.25, 0.3) is 0 Å². The Hall–Kier alpha value is -0.0200. The highest BCUT2D eigenvalue weighted by Crippen LogP contribution is 2.27. The minimum atomic E-state index is 0.390. The van der Waals surface area contributed by atoms with Crippen LogP contribution in [0.3, 0.4) is 0 Å². The molecule has 0 N–H and O–H groups in total. The number of rotatable bonds is 4. The monoisotopic (exact) mass is 227 g/mol. The maximum absolute atomic E-state index is 12.0. The Labute approximate surface area is 96.8 Å². The zero-order chi connectivity index (χ0) is 10.7. The number of Topliss-reactive ketones (excluding diaryl/α,β-unsaturated/α-hetero) is 1. The molecule has 1 unspecified atom stereocenters. The van der Waals surface area contributed by atoms with Crippen LogP contribution in [0.4, 0.5) is 0 Å². The summed E-state index contributed by atoms with van der Waals surface area (Å²) in [4.78, 5) is 14.2. The lowest BCUT2D eigenvalue weighted by molar-refractivity contribution is -0.123. The lowest BCUT2D eigenvalue weighted by Crippen LogP contribution is -2.37. The minimum absolute atomic E-state index is 0.390. The van der Waals surface area contributed by atoms with Crippen LogP contribution in [0.2, 0.25) is 0 Å². The van der Waals surface area contributed by atoms with Crippen LogP contribution in [-0.4, -0.2) is 41.8 Å². The van der Waals surface area contributed by atoms with Crippen molar-refractivity contribution in [3.05, 3.63) is 0 Å². The molecule has 1 saturated carbocycles. The van der Waals surface area contributed by atoms with E-state index in [-0.39, 0.29) is 0 Å². The number of carbonyl (C=O) groups excluding carboxylic acids is 1. The number of ketones is 1. The predicted molar refractivity (Wildman–Crippen MR) is 65.3 cm³/mol. The third-order valence-corrected chi connectivity index (χ3v) is 4.89. The van der Waals surface area contributed by atoms with Gasteiger partial charge in [-0.25, -0.2) is 0 Å². The smallest absolute Gasteiger partial charge is 0.149 e. The van der Waals surface area contributed by atoms with Crippen LogP contribution in [0, 0.1) is 5.92 Å². The van der Waals surface area contributed by atoms with E-state index < -0.39 is 0 Å². The number of hydrogen-bond donors (Lipinski definition) is 0. The van der Waals surface area contributed by atoms with Gasteiger partial charge < -0.3 is 0 Å². The molecule has 0 aromatic rings. The standard InChI is InChI=1S/C12H21NOS/c1-13(11-6-7-15-9-11)8-12(14)10-4-2-3-5-10/h10-11H,2-9H2,1H3. The highest BCUT2D eigenvalue weighted by Gasteiger charge is 2.26. The molecule has 2 rings (SSSR count). The molecule has 1 atom stereocenters. The summed E-state index contributed by atoms with van der Waals surface area (Å²) in [6.45, 7) is 0.690. The van der Waals surface area contributed by atoms with Gasteiger partial charge in [0.15, 0.2) is 0 Å². The van der Waals surface area contributed by atoms with Gasteiger partial charge in [-0.3, -0.25) is 9.69 Å². The number of carbonyl (C=O) groups is 1. The van der Waals surface area contributed by atoms with Gasteiger partial charge in [-0.1, -0.05) is 12.8 Å². The Bertz CT molecular complexity index is 220. The zero-order valence-electron chi connectivity index (χ0n) is 9.58. The SMILES string of the molecule is CN(CC(=O)C1CCCC1)C1CCSC1. The van der Waals surface area contributed by atoms with E-state index in [2.05, 4.69) is 11.9 Å². The summed E-state index contributed by atoms with van der Waals surface area (Å²) in [5.41, 5.74) is 0. The van der Waals surface area contributed by atoms with E-state index in [1.807, 2.05) is 11.8 Å². The van der Waals surface area contributed by atoms with Gasteiger partial charge in [0.1, 0.15) is 5.78 Å². The molecule has 86 valence electrons. The average molecular weight is 227 g/mol. The van der Waals surface area contributed by atoms with Gasteiger partial charge in [-0.05, 0) is 32.1 Å². The van der Waals surface area contributed by atoms with Crippen LogP contribution < -0.4 is 0 Å². The molecule has 1 heterocycles. The number of hydrogen-bond acceptors (Lipinski definition) is 3. The number of likely N-dealkylation sites (N-methyl/N-ethyl adjacent to an activating group) is 1. The van der Waals surface area contributed by atoms with E-state index >= 15 is 0 Å². The number of nitrogens with zero attached hydrogens (tertiary/aromatic N) is 1. The first-order chi connectivity index (χ1) is 7.27. The molecule has 0 spiro atoms. The van der Waals surface area contributed by atoms with Crippen LogP contribution in [0.5, 0.6) is 0 Å². The van der Waals surface area contributed by atoms with E-state index in [1.54, 1.807) is 0 Å². The Morgan fingerprint density at radius 2 is 2.07 bits per heavy atom. The van der Waals surface area contributed by atoms with E-state index in [4.69, 9.17) is 0 Å². The van der Waals surface area contributed by atoms with Crippen molar-refractivity contribution >= 4 is 17.5 Å². The summed E-state index contributed by atoms with van der Waals surface area (Å²) in [6.07, 6.45) is 6.08. The normalized spacial score (nSPS) is 27.7. The van der Waals surface area contributed by atoms with Crippen molar-refractivity contribution in [2.24, 2.45) is 5.92 Å². The van der Waals surface area contributed by atoms with Gasteiger partial charge in [0.25, 0.3) is 0 Å². The molecule has 1 saturated heterocycles. The first kappa shape index (κ1) is 11.5. The number of thioether (sulfide) groups is 1. The summed E-state index contributed by atoms with van der Waals surface area (Å²) >= 11 is 2.02. The Kier molecular flexibility index (Phi) is 4.09. The van der Waals surface area contributed by atoms with Gasteiger partial charge in [-0.2, -0.15) is 11.8 Å². The first-order valence-electron chi connectivity index (χ1n) is 6.08. The fourth-order valence-electron chi connectivity index (χ4n) is 2.62. The molecule has 0 amide bonds. The van der Waals surface area contributed by atoms with Crippen molar-refractivity contribution in [3.8, 4) is 0 Å². The molecule has 0 aromatic heterocycles.